The molecule has 2 rings (SSSR count). The predicted octanol–water partition coefficient (Wildman–Crippen LogP) is 3.58. The molecule has 0 saturated carbocycles. The summed E-state index contributed by atoms with van der Waals surface area (Å²) in [5, 5.41) is 0. The molecule has 1 heterocycles. The molecule has 1 aromatic heterocycles. The number of aromatic nitrogens is 1. The average Bonchev–Trinajstić information content (AvgIpc) is 2.64. The molecular formula is C17H21NO4S. The summed E-state index contributed by atoms with van der Waals surface area (Å²) >= 11 is 0. The van der Waals surface area contributed by atoms with Gasteiger partial charge in [0.15, 0.2) is 0 Å². The monoisotopic (exact) mass is 335 g/mol. The van der Waals surface area contributed by atoms with Crippen LogP contribution in [0.25, 0.3) is 12.2 Å². The third-order valence-electron chi connectivity index (χ3n) is 2.34. The van der Waals surface area contributed by atoms with Crippen molar-refractivity contribution in [3.63, 3.8) is 0 Å². The SMILES string of the molecule is C=Cc1ccccc1.C=Cc1ccccn1.COS(=O)(=O)OC. The van der Waals surface area contributed by atoms with Crippen molar-refractivity contribution in [2.45, 2.75) is 0 Å². The van der Waals surface area contributed by atoms with E-state index in [0.717, 1.165) is 19.9 Å². The molecule has 0 unspecified atom stereocenters. The number of hydrogen-bond donors (Lipinski definition) is 0. The van der Waals surface area contributed by atoms with Crippen LogP contribution < -0.4 is 0 Å². The first-order valence-electron chi connectivity index (χ1n) is 6.56. The summed E-state index contributed by atoms with van der Waals surface area (Å²) in [4.78, 5) is 3.98. The summed E-state index contributed by atoms with van der Waals surface area (Å²) in [6.07, 6.45) is 5.30. The first kappa shape index (κ1) is 20.7. The Labute approximate surface area is 138 Å². The molecule has 0 aliphatic carbocycles. The van der Waals surface area contributed by atoms with Gasteiger partial charge in [0.05, 0.1) is 19.9 Å². The molecule has 0 atom stereocenters. The van der Waals surface area contributed by atoms with Gasteiger partial charge >= 0.3 is 10.4 Å². The van der Waals surface area contributed by atoms with Crippen LogP contribution in [-0.2, 0) is 18.8 Å². The Morgan fingerprint density at radius 1 is 0.913 bits per heavy atom. The second-order valence-corrected chi connectivity index (χ2v) is 5.30. The van der Waals surface area contributed by atoms with E-state index in [4.69, 9.17) is 0 Å². The Morgan fingerprint density at radius 3 is 1.74 bits per heavy atom. The van der Waals surface area contributed by atoms with Crippen LogP contribution in [0.3, 0.4) is 0 Å². The minimum absolute atomic E-state index is 0.924. The molecule has 124 valence electrons. The number of benzene rings is 1. The lowest BCUT2D eigenvalue weighted by molar-refractivity contribution is 0.286. The predicted molar refractivity (Wildman–Crippen MR) is 93.8 cm³/mol. The maximum atomic E-state index is 9.92. The summed E-state index contributed by atoms with van der Waals surface area (Å²) in [6, 6.07) is 15.8. The zero-order valence-corrected chi connectivity index (χ0v) is 14.1. The van der Waals surface area contributed by atoms with Crippen molar-refractivity contribution in [2.75, 3.05) is 14.2 Å². The highest BCUT2D eigenvalue weighted by Gasteiger charge is 2.01. The molecule has 0 amide bonds. The molecule has 6 heteroatoms. The normalized spacial score (nSPS) is 9.48. The van der Waals surface area contributed by atoms with Crippen LogP contribution in [0.2, 0.25) is 0 Å². The second-order valence-electron chi connectivity index (χ2n) is 3.82. The van der Waals surface area contributed by atoms with E-state index in [1.807, 2.05) is 54.6 Å². The third kappa shape index (κ3) is 11.0. The van der Waals surface area contributed by atoms with Crippen LogP contribution in [0.1, 0.15) is 11.3 Å². The van der Waals surface area contributed by atoms with Crippen molar-refractivity contribution in [3.8, 4) is 0 Å². The van der Waals surface area contributed by atoms with E-state index in [1.54, 1.807) is 12.3 Å². The average molecular weight is 335 g/mol. The minimum Gasteiger partial charge on any atom is -0.257 e. The molecule has 1 aromatic carbocycles. The highest BCUT2D eigenvalue weighted by atomic mass is 32.3. The quantitative estimate of drug-likeness (QED) is 0.854. The zero-order chi connectivity index (χ0) is 17.6. The van der Waals surface area contributed by atoms with E-state index in [0.29, 0.717) is 0 Å². The van der Waals surface area contributed by atoms with Gasteiger partial charge < -0.3 is 0 Å². The first-order valence-corrected chi connectivity index (χ1v) is 7.89. The molecule has 5 nitrogen and oxygen atoms in total. The van der Waals surface area contributed by atoms with Crippen molar-refractivity contribution in [3.05, 3.63) is 79.1 Å². The van der Waals surface area contributed by atoms with Gasteiger partial charge in [-0.25, -0.2) is 0 Å². The molecule has 0 N–H and O–H groups in total. The summed E-state index contributed by atoms with van der Waals surface area (Å²) in [6.45, 7) is 7.20. The fourth-order valence-corrected chi connectivity index (χ4v) is 1.29. The maximum Gasteiger partial charge on any atom is 0.399 e. The molecule has 0 spiro atoms. The van der Waals surface area contributed by atoms with Crippen molar-refractivity contribution >= 4 is 22.6 Å². The van der Waals surface area contributed by atoms with E-state index in [9.17, 15) is 8.42 Å². The fourth-order valence-electron chi connectivity index (χ4n) is 1.15. The fraction of sp³-hybridized carbons (Fsp3) is 0.118. The summed E-state index contributed by atoms with van der Waals surface area (Å²) in [7, 11) is -1.60. The molecule has 0 fully saturated rings. The molecular weight excluding hydrogens is 314 g/mol. The zero-order valence-electron chi connectivity index (χ0n) is 13.3. The van der Waals surface area contributed by atoms with Gasteiger partial charge in [-0.2, -0.15) is 8.42 Å². The van der Waals surface area contributed by atoms with Gasteiger partial charge in [0.25, 0.3) is 0 Å². The van der Waals surface area contributed by atoms with Gasteiger partial charge in [-0.05, 0) is 23.8 Å². The highest BCUT2D eigenvalue weighted by molar-refractivity contribution is 7.81. The number of hydrogen-bond acceptors (Lipinski definition) is 5. The minimum atomic E-state index is -3.66. The van der Waals surface area contributed by atoms with E-state index in [2.05, 4.69) is 26.5 Å². The highest BCUT2D eigenvalue weighted by Crippen LogP contribution is 1.97. The molecule has 23 heavy (non-hydrogen) atoms. The molecule has 2 aromatic rings. The summed E-state index contributed by atoms with van der Waals surface area (Å²) in [5.41, 5.74) is 2.10. The smallest absolute Gasteiger partial charge is 0.257 e. The van der Waals surface area contributed by atoms with Crippen molar-refractivity contribution in [2.24, 2.45) is 0 Å². The number of nitrogens with zero attached hydrogens (tertiary/aromatic N) is 1. The van der Waals surface area contributed by atoms with Gasteiger partial charge in [-0.3, -0.25) is 13.4 Å². The topological polar surface area (TPSA) is 65.5 Å². The summed E-state index contributed by atoms with van der Waals surface area (Å²) < 4.78 is 27.5. The van der Waals surface area contributed by atoms with Crippen LogP contribution in [0.15, 0.2) is 67.9 Å². The van der Waals surface area contributed by atoms with Gasteiger partial charge in [0.2, 0.25) is 0 Å². The lowest BCUT2D eigenvalue weighted by atomic mass is 10.2. The van der Waals surface area contributed by atoms with Gasteiger partial charge in [-0.1, -0.05) is 55.6 Å². The van der Waals surface area contributed by atoms with Crippen molar-refractivity contribution in [1.82, 2.24) is 4.98 Å². The van der Waals surface area contributed by atoms with Crippen LogP contribution in [0.4, 0.5) is 0 Å². The maximum absolute atomic E-state index is 9.92. The van der Waals surface area contributed by atoms with Crippen molar-refractivity contribution in [1.29, 1.82) is 0 Å². The Morgan fingerprint density at radius 2 is 1.48 bits per heavy atom. The van der Waals surface area contributed by atoms with E-state index >= 15 is 0 Å². The summed E-state index contributed by atoms with van der Waals surface area (Å²) in [5.74, 6) is 0. The molecule has 0 aliphatic heterocycles. The van der Waals surface area contributed by atoms with E-state index in [1.165, 1.54) is 5.56 Å². The van der Waals surface area contributed by atoms with E-state index in [-0.39, 0.29) is 0 Å². The number of rotatable bonds is 4. The van der Waals surface area contributed by atoms with E-state index < -0.39 is 10.4 Å². The Kier molecular flexibility index (Phi) is 11.1. The van der Waals surface area contributed by atoms with Crippen LogP contribution in [-0.4, -0.2) is 27.6 Å². The molecule has 0 radical (unpaired) electrons. The molecule has 0 saturated heterocycles. The third-order valence-corrected chi connectivity index (χ3v) is 3.16. The van der Waals surface area contributed by atoms with Gasteiger partial charge in [0, 0.05) is 6.20 Å². The Bertz CT molecular complexity index is 602. The van der Waals surface area contributed by atoms with Crippen LogP contribution in [0, 0.1) is 0 Å². The largest absolute Gasteiger partial charge is 0.399 e. The Hall–Kier alpha value is -2.28. The lowest BCUT2D eigenvalue weighted by Gasteiger charge is -1.91. The lowest BCUT2D eigenvalue weighted by Crippen LogP contribution is -2.02. The van der Waals surface area contributed by atoms with Crippen LogP contribution >= 0.6 is 0 Å². The first-order chi connectivity index (χ1) is 11.0. The molecule has 0 aliphatic rings. The van der Waals surface area contributed by atoms with Gasteiger partial charge in [0.1, 0.15) is 0 Å². The second kappa shape index (κ2) is 12.3. The van der Waals surface area contributed by atoms with Crippen molar-refractivity contribution < 1.29 is 16.8 Å². The number of pyridine rings is 1. The van der Waals surface area contributed by atoms with Crippen LogP contribution in [0.5, 0.6) is 0 Å². The molecule has 0 bridgehead atoms. The van der Waals surface area contributed by atoms with Gasteiger partial charge in [-0.15, -0.1) is 0 Å². The standard InChI is InChI=1S/C8H8.C7H7N.C2H6O4S/c1-2-8-6-4-3-5-7-8;1-2-7-5-3-4-6-8-7;1-5-7(3,4)6-2/h2-7H,1H2;2-6H,1H2;1-2H3. The Balaban J connectivity index is 0.000000317.